The van der Waals surface area contributed by atoms with E-state index in [0.29, 0.717) is 17.9 Å². The minimum Gasteiger partial charge on any atom is -0.507 e. The molecule has 1 saturated heterocycles. The summed E-state index contributed by atoms with van der Waals surface area (Å²) >= 11 is 0. The molecule has 0 aliphatic carbocycles. The molecule has 4 rings (SSSR count). The first-order chi connectivity index (χ1) is 18.7. The van der Waals surface area contributed by atoms with Crippen molar-refractivity contribution in [2.45, 2.75) is 39.3 Å². The Labute approximate surface area is 230 Å². The number of carbonyl (C=O) groups excluding carboxylic acids is 2. The predicted molar refractivity (Wildman–Crippen MR) is 153 cm³/mol. The Morgan fingerprint density at radius 3 is 2.23 bits per heavy atom. The molecule has 1 fully saturated rings. The van der Waals surface area contributed by atoms with Gasteiger partial charge in [-0.15, -0.1) is 0 Å². The number of likely N-dealkylation sites (tertiary alicyclic amines) is 1. The number of aliphatic hydroxyl groups excluding tert-OH is 1. The van der Waals surface area contributed by atoms with Crippen molar-refractivity contribution in [3.63, 3.8) is 0 Å². The number of aliphatic hydroxyl groups is 1. The first kappa shape index (κ1) is 27.8. The average Bonchev–Trinajstić information content (AvgIpc) is 3.18. The summed E-state index contributed by atoms with van der Waals surface area (Å²) in [5.74, 6) is 0.0117. The zero-order valence-electron chi connectivity index (χ0n) is 23.4. The van der Waals surface area contributed by atoms with Gasteiger partial charge in [0.1, 0.15) is 17.3 Å². The van der Waals surface area contributed by atoms with Gasteiger partial charge < -0.3 is 24.4 Å². The van der Waals surface area contributed by atoms with Gasteiger partial charge in [-0.25, -0.2) is 0 Å². The number of amides is 1. The number of hydrogen-bond acceptors (Lipinski definition) is 6. The highest BCUT2D eigenvalue weighted by Gasteiger charge is 2.46. The van der Waals surface area contributed by atoms with Gasteiger partial charge in [0.25, 0.3) is 11.7 Å². The summed E-state index contributed by atoms with van der Waals surface area (Å²) in [5, 5.41) is 11.5. The van der Waals surface area contributed by atoms with Gasteiger partial charge in [-0.2, -0.15) is 0 Å². The molecule has 1 aliphatic rings. The highest BCUT2D eigenvalue weighted by atomic mass is 16.5. The number of ketones is 1. The first-order valence-corrected chi connectivity index (χ1v) is 13.1. The van der Waals surface area contributed by atoms with Crippen LogP contribution in [0.5, 0.6) is 11.5 Å². The number of benzene rings is 3. The highest BCUT2D eigenvalue weighted by molar-refractivity contribution is 6.46. The molecule has 0 bridgehead atoms. The topological polar surface area (TPSA) is 79.3 Å². The summed E-state index contributed by atoms with van der Waals surface area (Å²) < 4.78 is 11.0. The molecule has 3 aromatic rings. The summed E-state index contributed by atoms with van der Waals surface area (Å²) in [6, 6.07) is 19.7. The van der Waals surface area contributed by atoms with Crippen molar-refractivity contribution in [2.75, 3.05) is 32.7 Å². The van der Waals surface area contributed by atoms with Gasteiger partial charge in [-0.1, -0.05) is 38.1 Å². The Balaban J connectivity index is 1.83. The van der Waals surface area contributed by atoms with Gasteiger partial charge in [0, 0.05) is 31.9 Å². The molecule has 39 heavy (non-hydrogen) atoms. The minimum absolute atomic E-state index is 0.0726. The van der Waals surface area contributed by atoms with Gasteiger partial charge >= 0.3 is 0 Å². The lowest BCUT2D eigenvalue weighted by atomic mass is 9.93. The molecule has 1 unspecified atom stereocenters. The molecule has 7 nitrogen and oxygen atoms in total. The molecule has 0 aromatic heterocycles. The van der Waals surface area contributed by atoms with Crippen molar-refractivity contribution in [1.29, 1.82) is 0 Å². The maximum absolute atomic E-state index is 13.5. The summed E-state index contributed by atoms with van der Waals surface area (Å²) in [6.07, 6.45) is 0. The van der Waals surface area contributed by atoms with E-state index >= 15 is 0 Å². The SMILES string of the molecule is CCOc1ccc(CN2C(=O)C(=O)/C(=C(\O)c3ccc(OC)c(C(C)C)c3)C2c2ccc(N(C)C)cc2)cc1. The first-order valence-electron chi connectivity index (χ1n) is 13.1. The molecular weight excluding hydrogens is 492 g/mol. The molecule has 0 radical (unpaired) electrons. The summed E-state index contributed by atoms with van der Waals surface area (Å²) in [5.41, 5.74) is 4.01. The summed E-state index contributed by atoms with van der Waals surface area (Å²) in [7, 11) is 5.50. The molecule has 7 heteroatoms. The van der Waals surface area contributed by atoms with E-state index in [-0.39, 0.29) is 23.8 Å². The Bertz CT molecular complexity index is 1370. The van der Waals surface area contributed by atoms with Crippen LogP contribution in [0.25, 0.3) is 5.76 Å². The van der Waals surface area contributed by atoms with Crippen molar-refractivity contribution in [1.82, 2.24) is 4.90 Å². The number of hydrogen-bond donors (Lipinski definition) is 1. The Morgan fingerprint density at radius 1 is 1.00 bits per heavy atom. The fourth-order valence-corrected chi connectivity index (χ4v) is 4.89. The molecule has 0 spiro atoms. The number of nitrogens with zero attached hydrogens (tertiary/aromatic N) is 2. The fourth-order valence-electron chi connectivity index (χ4n) is 4.89. The van der Waals surface area contributed by atoms with E-state index in [4.69, 9.17) is 9.47 Å². The largest absolute Gasteiger partial charge is 0.507 e. The van der Waals surface area contributed by atoms with Crippen LogP contribution < -0.4 is 14.4 Å². The third-order valence-corrected chi connectivity index (χ3v) is 6.98. The van der Waals surface area contributed by atoms with Crippen LogP contribution in [-0.4, -0.2) is 49.5 Å². The summed E-state index contributed by atoms with van der Waals surface area (Å²) in [6.45, 7) is 6.74. The molecular formula is C32H36N2O5. The van der Waals surface area contributed by atoms with E-state index < -0.39 is 17.7 Å². The second-order valence-corrected chi connectivity index (χ2v) is 10.1. The lowest BCUT2D eigenvalue weighted by molar-refractivity contribution is -0.140. The Hall–Kier alpha value is -4.26. The van der Waals surface area contributed by atoms with Crippen molar-refractivity contribution in [3.05, 3.63) is 94.6 Å². The molecule has 1 amide bonds. The van der Waals surface area contributed by atoms with Crippen LogP contribution in [0.1, 0.15) is 55.0 Å². The van der Waals surface area contributed by atoms with E-state index in [1.165, 1.54) is 4.90 Å². The fraction of sp³-hybridized carbons (Fsp3) is 0.312. The average molecular weight is 529 g/mol. The third kappa shape index (κ3) is 5.62. The van der Waals surface area contributed by atoms with Crippen molar-refractivity contribution < 1.29 is 24.2 Å². The van der Waals surface area contributed by atoms with Crippen LogP contribution in [0.15, 0.2) is 72.3 Å². The second kappa shape index (κ2) is 11.6. The van der Waals surface area contributed by atoms with Crippen LogP contribution in [0.4, 0.5) is 5.69 Å². The van der Waals surface area contributed by atoms with Crippen LogP contribution in [-0.2, 0) is 16.1 Å². The molecule has 1 heterocycles. The van der Waals surface area contributed by atoms with E-state index in [0.717, 1.165) is 28.1 Å². The van der Waals surface area contributed by atoms with Crippen LogP contribution in [0, 0.1) is 0 Å². The molecule has 1 aliphatic heterocycles. The van der Waals surface area contributed by atoms with Gasteiger partial charge in [0.15, 0.2) is 0 Å². The van der Waals surface area contributed by atoms with E-state index in [9.17, 15) is 14.7 Å². The molecule has 204 valence electrons. The predicted octanol–water partition coefficient (Wildman–Crippen LogP) is 5.91. The van der Waals surface area contributed by atoms with Crippen molar-refractivity contribution in [2.24, 2.45) is 0 Å². The zero-order chi connectivity index (χ0) is 28.3. The maximum atomic E-state index is 13.5. The minimum atomic E-state index is -0.752. The normalized spacial score (nSPS) is 16.6. The lowest BCUT2D eigenvalue weighted by Crippen LogP contribution is -2.29. The second-order valence-electron chi connectivity index (χ2n) is 10.1. The van der Waals surface area contributed by atoms with Crippen molar-refractivity contribution >= 4 is 23.1 Å². The van der Waals surface area contributed by atoms with E-state index in [2.05, 4.69) is 0 Å². The van der Waals surface area contributed by atoms with Crippen LogP contribution in [0.2, 0.25) is 0 Å². The van der Waals surface area contributed by atoms with Gasteiger partial charge in [0.2, 0.25) is 0 Å². The van der Waals surface area contributed by atoms with Crippen molar-refractivity contribution in [3.8, 4) is 11.5 Å². The molecule has 1 atom stereocenters. The number of anilines is 1. The summed E-state index contributed by atoms with van der Waals surface area (Å²) in [4.78, 5) is 30.4. The number of ether oxygens (including phenoxy) is 2. The Kier molecular flexibility index (Phi) is 8.29. The Morgan fingerprint density at radius 2 is 1.67 bits per heavy atom. The van der Waals surface area contributed by atoms with Crippen LogP contribution in [0.3, 0.4) is 0 Å². The number of methoxy groups -OCH3 is 1. The quantitative estimate of drug-likeness (QED) is 0.211. The van der Waals surface area contributed by atoms with Gasteiger partial charge in [-0.3, -0.25) is 9.59 Å². The van der Waals surface area contributed by atoms with Gasteiger partial charge in [-0.05, 0) is 72.0 Å². The molecule has 3 aromatic carbocycles. The maximum Gasteiger partial charge on any atom is 0.295 e. The number of rotatable bonds is 9. The molecule has 1 N–H and O–H groups in total. The standard InChI is InChI=1S/C32H36N2O5/c1-7-39-25-15-8-21(9-16-25)19-34-29(22-10-13-24(14-11-22)33(4)5)28(31(36)32(34)37)30(35)23-12-17-27(38-6)26(18-23)20(2)3/h8-18,20,29,35H,7,19H2,1-6H3/b30-28-. The number of Topliss-reactive ketones (excluding diaryl/α,β-unsaturated/α-hetero) is 1. The zero-order valence-corrected chi connectivity index (χ0v) is 23.4. The molecule has 0 saturated carbocycles. The smallest absolute Gasteiger partial charge is 0.295 e. The highest BCUT2D eigenvalue weighted by Crippen LogP contribution is 2.41. The monoisotopic (exact) mass is 528 g/mol. The third-order valence-electron chi connectivity index (χ3n) is 6.98. The van der Waals surface area contributed by atoms with Gasteiger partial charge in [0.05, 0.1) is 25.3 Å². The van der Waals surface area contributed by atoms with Crippen LogP contribution >= 0.6 is 0 Å². The van der Waals surface area contributed by atoms with E-state index in [1.807, 2.05) is 94.4 Å². The van der Waals surface area contributed by atoms with E-state index in [1.54, 1.807) is 19.2 Å². The lowest BCUT2D eigenvalue weighted by Gasteiger charge is -2.26. The number of carbonyl (C=O) groups is 2.